The van der Waals surface area contributed by atoms with Crippen molar-refractivity contribution in [2.45, 2.75) is 0 Å². The van der Waals surface area contributed by atoms with Gasteiger partial charge in [-0.3, -0.25) is 0 Å². The molecule has 0 N–H and O–H groups in total. The monoisotopic (exact) mass is 741 g/mol. The van der Waals surface area contributed by atoms with Gasteiger partial charge in [-0.25, -0.2) is 15.0 Å². The van der Waals surface area contributed by atoms with Crippen molar-refractivity contribution in [3.63, 3.8) is 0 Å². The minimum absolute atomic E-state index is 0.586. The third-order valence-electron chi connectivity index (χ3n) is 11.4. The Morgan fingerprint density at radius 2 is 0.793 bits per heavy atom. The van der Waals surface area contributed by atoms with Gasteiger partial charge in [0.2, 0.25) is 0 Å². The molecule has 0 amide bonds. The van der Waals surface area contributed by atoms with Crippen LogP contribution in [-0.2, 0) is 0 Å². The molecule has 9 aromatic carbocycles. The Morgan fingerprint density at radius 1 is 0.276 bits per heavy atom. The molecule has 0 saturated heterocycles. The number of nitrogens with zero attached hydrogens (tertiary/aromatic N) is 3. The van der Waals surface area contributed by atoms with Crippen LogP contribution in [0, 0.1) is 0 Å². The normalized spacial score (nSPS) is 11.8. The fraction of sp³-hybridized carbons (Fsp3) is 0. The molecule has 0 radical (unpaired) electrons. The molecule has 0 aliphatic heterocycles. The highest BCUT2D eigenvalue weighted by Crippen LogP contribution is 2.41. The van der Waals surface area contributed by atoms with E-state index in [1.54, 1.807) is 0 Å². The molecule has 5 nitrogen and oxygen atoms in total. The number of hydrogen-bond acceptors (Lipinski definition) is 5. The number of rotatable bonds is 5. The predicted molar refractivity (Wildman–Crippen MR) is 237 cm³/mol. The summed E-state index contributed by atoms with van der Waals surface area (Å²) in [4.78, 5) is 15.7. The summed E-state index contributed by atoms with van der Waals surface area (Å²) in [6, 6.07) is 65.2. The highest BCUT2D eigenvalue weighted by Gasteiger charge is 2.20. The molecule has 0 fully saturated rings. The van der Waals surface area contributed by atoms with Gasteiger partial charge in [-0.15, -0.1) is 0 Å². The van der Waals surface area contributed by atoms with Crippen molar-refractivity contribution in [3.8, 4) is 56.4 Å². The van der Waals surface area contributed by atoms with Gasteiger partial charge in [0.15, 0.2) is 17.5 Å². The van der Waals surface area contributed by atoms with Crippen LogP contribution in [0.25, 0.3) is 122 Å². The van der Waals surface area contributed by atoms with Gasteiger partial charge in [-0.05, 0) is 80.2 Å². The van der Waals surface area contributed by atoms with E-state index in [0.717, 1.165) is 93.6 Å². The van der Waals surface area contributed by atoms with Crippen molar-refractivity contribution in [1.29, 1.82) is 0 Å². The van der Waals surface area contributed by atoms with Crippen molar-refractivity contribution in [3.05, 3.63) is 188 Å². The van der Waals surface area contributed by atoms with Crippen LogP contribution in [0.2, 0.25) is 0 Å². The molecular formula is C53H31N3O2. The van der Waals surface area contributed by atoms with Crippen molar-refractivity contribution < 1.29 is 8.83 Å². The van der Waals surface area contributed by atoms with Crippen LogP contribution in [0.5, 0.6) is 0 Å². The molecule has 58 heavy (non-hydrogen) atoms. The maximum absolute atomic E-state index is 6.30. The van der Waals surface area contributed by atoms with E-state index in [4.69, 9.17) is 23.8 Å². The number of hydrogen-bond donors (Lipinski definition) is 0. The first kappa shape index (κ1) is 32.4. The summed E-state index contributed by atoms with van der Waals surface area (Å²) in [5, 5.41) is 8.77. The quantitative estimate of drug-likeness (QED) is 0.176. The first-order chi connectivity index (χ1) is 28.7. The Morgan fingerprint density at radius 3 is 1.55 bits per heavy atom. The molecule has 0 bridgehead atoms. The number of furan rings is 2. The predicted octanol–water partition coefficient (Wildman–Crippen LogP) is 14.3. The molecule has 0 spiro atoms. The van der Waals surface area contributed by atoms with Crippen LogP contribution >= 0.6 is 0 Å². The van der Waals surface area contributed by atoms with Crippen LogP contribution in [0.1, 0.15) is 0 Å². The molecule has 0 aliphatic rings. The molecule has 5 heteroatoms. The van der Waals surface area contributed by atoms with Crippen molar-refractivity contribution >= 4 is 65.4 Å². The van der Waals surface area contributed by atoms with Crippen LogP contribution in [0.3, 0.4) is 0 Å². The van der Waals surface area contributed by atoms with Crippen LogP contribution < -0.4 is 0 Å². The Labute approximate surface area is 332 Å². The molecule has 0 unspecified atom stereocenters. The van der Waals surface area contributed by atoms with Gasteiger partial charge in [0.05, 0.1) is 0 Å². The maximum atomic E-state index is 6.30. The molecule has 0 aliphatic carbocycles. The van der Waals surface area contributed by atoms with Gasteiger partial charge in [-0.1, -0.05) is 152 Å². The fourth-order valence-corrected chi connectivity index (χ4v) is 8.61. The Bertz CT molecular complexity index is 3570. The van der Waals surface area contributed by atoms with Gasteiger partial charge >= 0.3 is 0 Å². The number of benzene rings is 9. The number of fused-ring (bicyclic) bond motifs is 9. The van der Waals surface area contributed by atoms with Crippen molar-refractivity contribution in [1.82, 2.24) is 15.0 Å². The van der Waals surface area contributed by atoms with Gasteiger partial charge in [0.25, 0.3) is 0 Å². The van der Waals surface area contributed by atoms with Crippen LogP contribution in [-0.4, -0.2) is 15.0 Å². The zero-order valence-corrected chi connectivity index (χ0v) is 31.1. The summed E-state index contributed by atoms with van der Waals surface area (Å²) < 4.78 is 12.6. The first-order valence-electron chi connectivity index (χ1n) is 19.4. The lowest BCUT2D eigenvalue weighted by atomic mass is 9.92. The highest BCUT2D eigenvalue weighted by molar-refractivity contribution is 6.20. The van der Waals surface area contributed by atoms with E-state index in [1.807, 2.05) is 48.5 Å². The number of aromatic nitrogens is 3. The van der Waals surface area contributed by atoms with Crippen molar-refractivity contribution in [2.75, 3.05) is 0 Å². The average Bonchev–Trinajstić information content (AvgIpc) is 3.88. The smallest absolute Gasteiger partial charge is 0.164 e. The van der Waals surface area contributed by atoms with Gasteiger partial charge in [-0.2, -0.15) is 0 Å². The zero-order chi connectivity index (χ0) is 38.2. The summed E-state index contributed by atoms with van der Waals surface area (Å²) in [6.07, 6.45) is 0. The summed E-state index contributed by atoms with van der Waals surface area (Å²) >= 11 is 0. The lowest BCUT2D eigenvalue weighted by molar-refractivity contribution is 0.668. The lowest BCUT2D eigenvalue weighted by Gasteiger charge is -2.14. The molecular weight excluding hydrogens is 711 g/mol. The SMILES string of the molecule is c1ccc(-c2ccc(-c3nc(-c4ccc(-c5ccc6ccc7oc8ccccc8c7c6c5)c5ccccc45)nc(-c4cccc5oc6ccccc6c45)n3)cc2)cc1. The lowest BCUT2D eigenvalue weighted by Crippen LogP contribution is -2.01. The molecule has 3 aromatic heterocycles. The molecule has 12 aromatic rings. The van der Waals surface area contributed by atoms with Crippen LogP contribution in [0.4, 0.5) is 0 Å². The second kappa shape index (κ2) is 12.8. The van der Waals surface area contributed by atoms with Gasteiger partial charge in [0, 0.05) is 38.2 Å². The minimum Gasteiger partial charge on any atom is -0.456 e. The first-order valence-corrected chi connectivity index (χ1v) is 19.4. The molecule has 270 valence electrons. The Hall–Kier alpha value is -7.89. The second-order valence-electron chi connectivity index (χ2n) is 14.7. The topological polar surface area (TPSA) is 65.0 Å². The van der Waals surface area contributed by atoms with E-state index < -0.39 is 0 Å². The largest absolute Gasteiger partial charge is 0.456 e. The second-order valence-corrected chi connectivity index (χ2v) is 14.7. The standard InChI is InChI=1S/C53H31N3O2/c1-2-11-32(12-3-1)33-21-24-35(25-22-33)51-54-52(56-53(55-51)43-17-10-20-47-49(43)41-15-6-8-18-45(41)57-47)40-29-28-37(38-13-4-5-14-39(38)40)36-26-23-34-27-30-48-50(44(34)31-36)42-16-7-9-19-46(42)58-48/h1-31H. The van der Waals surface area contributed by atoms with Gasteiger partial charge in [0.1, 0.15) is 22.3 Å². The van der Waals surface area contributed by atoms with E-state index in [0.29, 0.717) is 17.5 Å². The average molecular weight is 742 g/mol. The van der Waals surface area contributed by atoms with E-state index in [1.165, 1.54) is 10.8 Å². The molecule has 0 saturated carbocycles. The number of para-hydroxylation sites is 2. The molecule has 12 rings (SSSR count). The highest BCUT2D eigenvalue weighted by atomic mass is 16.3. The Kier molecular flexibility index (Phi) is 7.16. The zero-order valence-electron chi connectivity index (χ0n) is 31.1. The summed E-state index contributed by atoms with van der Waals surface area (Å²) in [5.74, 6) is 1.79. The van der Waals surface area contributed by atoms with E-state index in [9.17, 15) is 0 Å². The van der Waals surface area contributed by atoms with E-state index in [-0.39, 0.29) is 0 Å². The fourth-order valence-electron chi connectivity index (χ4n) is 8.61. The maximum Gasteiger partial charge on any atom is 0.164 e. The third-order valence-corrected chi connectivity index (χ3v) is 11.4. The van der Waals surface area contributed by atoms with Crippen LogP contribution in [0.15, 0.2) is 197 Å². The van der Waals surface area contributed by atoms with E-state index in [2.05, 4.69) is 140 Å². The van der Waals surface area contributed by atoms with Gasteiger partial charge < -0.3 is 8.83 Å². The van der Waals surface area contributed by atoms with Crippen molar-refractivity contribution in [2.24, 2.45) is 0 Å². The summed E-state index contributed by atoms with van der Waals surface area (Å²) in [5.41, 5.74) is 10.7. The molecule has 0 atom stereocenters. The summed E-state index contributed by atoms with van der Waals surface area (Å²) in [6.45, 7) is 0. The summed E-state index contributed by atoms with van der Waals surface area (Å²) in [7, 11) is 0. The molecule has 3 heterocycles. The van der Waals surface area contributed by atoms with E-state index >= 15 is 0 Å². The third kappa shape index (κ3) is 5.14. The minimum atomic E-state index is 0.586. The Balaban J connectivity index is 1.06.